The lowest BCUT2D eigenvalue weighted by Gasteiger charge is -2.26. The van der Waals surface area contributed by atoms with Gasteiger partial charge in [0.1, 0.15) is 29.1 Å². The number of aryl methyl sites for hydroxylation is 2. The highest BCUT2D eigenvalue weighted by Crippen LogP contribution is 2.40. The minimum atomic E-state index is -1.08. The molecule has 2 aliphatic heterocycles. The second-order valence-corrected chi connectivity index (χ2v) is 20.1. The number of anilines is 1. The van der Waals surface area contributed by atoms with Crippen LogP contribution in [0.3, 0.4) is 0 Å². The number of carbonyl (C=O) groups is 2. The smallest absolute Gasteiger partial charge is 0.408 e. The number of aromatic amines is 2. The number of rotatable bonds is 9. The first-order valence-electron chi connectivity index (χ1n) is 23.1. The van der Waals surface area contributed by atoms with Gasteiger partial charge in [-0.2, -0.15) is 0 Å². The van der Waals surface area contributed by atoms with Crippen molar-refractivity contribution in [1.29, 1.82) is 0 Å². The standard InChI is InChI=1S/C24H30FN5O4.C12H10F2N2O2.C12H21N3O2/c1-13-19-16(21(31)28-22(32)30(19)15-6-7-15)10-17(25)20(13)29-9-8-14(12-29)18(11-26-5)27-23(33)34-24(2,3)4;1-5-9(14)8(13)4-7-10(5)16(6-2-3-6)12(18)15-11(7)17;1-12(2,3)17-11(16)15-10(8-13-4)9-5-6-14-7-9/h10,14-15,18H,6-9,11-12H2,1-4H3,(H,27,33)(H,28,31,32);4,6H,2-3H2,1H3,(H,15,17,18);9-10,14H,5-8H2,1-3H3,(H,15,16)/t14-,18?;;9-,10+/m1.1/s1. The van der Waals surface area contributed by atoms with Gasteiger partial charge in [-0.15, -0.1) is 0 Å². The van der Waals surface area contributed by atoms with Crippen molar-refractivity contribution in [1.82, 2.24) is 35.1 Å². The maximum Gasteiger partial charge on any atom is 0.408 e. The Bertz CT molecular complexity index is 2920. The number of amides is 2. The van der Waals surface area contributed by atoms with Crippen LogP contribution < -0.4 is 43.3 Å². The van der Waals surface area contributed by atoms with Crippen LogP contribution in [0.25, 0.3) is 31.5 Å². The fourth-order valence-corrected chi connectivity index (χ4v) is 8.95. The molecule has 4 aromatic rings. The number of hydrogen-bond donors (Lipinski definition) is 5. The number of benzene rings is 2. The van der Waals surface area contributed by atoms with Crippen molar-refractivity contribution in [2.24, 2.45) is 11.8 Å². The molecule has 2 amide bonds. The molecule has 4 heterocycles. The summed E-state index contributed by atoms with van der Waals surface area (Å²) >= 11 is 0. The molecule has 18 nitrogen and oxygen atoms in total. The predicted octanol–water partition coefficient (Wildman–Crippen LogP) is 6.13. The molecule has 4 aliphatic rings. The number of ether oxygens (including phenoxy) is 2. The van der Waals surface area contributed by atoms with Crippen molar-refractivity contribution >= 4 is 39.7 Å². The minimum Gasteiger partial charge on any atom is -0.444 e. The summed E-state index contributed by atoms with van der Waals surface area (Å²) in [6.45, 7) is 31.3. The monoisotopic (exact) mass is 962 g/mol. The maximum atomic E-state index is 15.3. The van der Waals surface area contributed by atoms with Crippen molar-refractivity contribution < 1.29 is 32.2 Å². The Labute approximate surface area is 396 Å². The molecule has 0 radical (unpaired) electrons. The van der Waals surface area contributed by atoms with Gasteiger partial charge < -0.3 is 40.0 Å². The zero-order valence-corrected chi connectivity index (χ0v) is 40.2. The highest BCUT2D eigenvalue weighted by Gasteiger charge is 2.37. The zero-order chi connectivity index (χ0) is 50.7. The maximum absolute atomic E-state index is 15.3. The third-order valence-electron chi connectivity index (χ3n) is 12.3. The molecular formula is C48H61F3N10O8. The Hall–Kier alpha value is -6.61. The van der Waals surface area contributed by atoms with Gasteiger partial charge in [0, 0.05) is 54.7 Å². The largest absolute Gasteiger partial charge is 0.444 e. The summed E-state index contributed by atoms with van der Waals surface area (Å²) in [5, 5.41) is 9.02. The molecule has 0 spiro atoms. The van der Waals surface area contributed by atoms with Crippen LogP contribution in [-0.4, -0.2) is 93.8 Å². The number of carbonyl (C=O) groups excluding carboxylic acids is 2. The molecule has 2 saturated heterocycles. The number of fused-ring (bicyclic) bond motifs is 2. The highest BCUT2D eigenvalue weighted by atomic mass is 19.2. The van der Waals surface area contributed by atoms with Crippen LogP contribution in [0.5, 0.6) is 0 Å². The Morgan fingerprint density at radius 1 is 0.725 bits per heavy atom. The van der Waals surface area contributed by atoms with E-state index in [0.29, 0.717) is 48.7 Å². The topological polar surface area (TPSA) is 210 Å². The summed E-state index contributed by atoms with van der Waals surface area (Å²) < 4.78 is 55.7. The van der Waals surface area contributed by atoms with E-state index in [9.17, 15) is 37.5 Å². The second kappa shape index (κ2) is 20.9. The average molecular weight is 963 g/mol. The zero-order valence-electron chi connectivity index (χ0n) is 40.2. The number of H-pyrrole nitrogens is 2. The number of hydrogen-bond acceptors (Lipinski definition) is 10. The Kier molecular flexibility index (Phi) is 15.7. The number of halogens is 3. The predicted molar refractivity (Wildman–Crippen MR) is 254 cm³/mol. The van der Waals surface area contributed by atoms with E-state index < -0.39 is 69.4 Å². The first kappa shape index (κ1) is 51.8. The average Bonchev–Trinajstić information content (AvgIpc) is 4.15. The van der Waals surface area contributed by atoms with Gasteiger partial charge in [-0.3, -0.25) is 28.7 Å². The van der Waals surface area contributed by atoms with Gasteiger partial charge in [0.05, 0.1) is 27.5 Å². The fourth-order valence-electron chi connectivity index (χ4n) is 8.95. The first-order chi connectivity index (χ1) is 32.4. The van der Waals surface area contributed by atoms with Gasteiger partial charge in [0.25, 0.3) is 11.1 Å². The van der Waals surface area contributed by atoms with Crippen molar-refractivity contribution in [3.8, 4) is 0 Å². The molecular weight excluding hydrogens is 902 g/mol. The molecule has 2 aromatic carbocycles. The normalized spacial score (nSPS) is 18.8. The van der Waals surface area contributed by atoms with E-state index in [-0.39, 0.29) is 52.4 Å². The molecule has 21 heteroatoms. The fraction of sp³-hybridized carbons (Fsp3) is 0.583. The number of nitrogens with one attached hydrogen (secondary N) is 5. The molecule has 0 bridgehead atoms. The van der Waals surface area contributed by atoms with Gasteiger partial charge in [-0.25, -0.2) is 45.5 Å². The van der Waals surface area contributed by atoms with Crippen molar-refractivity contribution in [3.05, 3.63) is 105 Å². The number of aromatic nitrogens is 4. The minimum absolute atomic E-state index is 0.0000926. The van der Waals surface area contributed by atoms with E-state index in [4.69, 9.17) is 22.6 Å². The Balaban J connectivity index is 0.000000188. The van der Waals surface area contributed by atoms with E-state index in [1.807, 2.05) is 25.7 Å². The van der Waals surface area contributed by atoms with E-state index in [1.165, 1.54) is 17.6 Å². The molecule has 5 N–H and O–H groups in total. The summed E-state index contributed by atoms with van der Waals surface area (Å²) in [4.78, 5) is 85.5. The third-order valence-corrected chi connectivity index (χ3v) is 12.3. The molecule has 2 saturated carbocycles. The van der Waals surface area contributed by atoms with Gasteiger partial charge in [0.2, 0.25) is 13.1 Å². The second-order valence-electron chi connectivity index (χ2n) is 20.1. The van der Waals surface area contributed by atoms with Crippen LogP contribution >= 0.6 is 0 Å². The SMILES string of the molecule is Cc1c(F)c(F)cc2c(=O)[nH]c(=O)n(C3CC3)c12.[C-]#[N+]CC(NC(=O)OC(C)(C)C)[C@@H]1CCN(c2c(F)cc3c(=O)[nH]c(=O)n(C4CC4)c3c2C)C1.[C-]#[N+]C[C@H](NC(=O)OC(C)(C)C)[C@@H]1CCNC1. The van der Waals surface area contributed by atoms with E-state index in [1.54, 1.807) is 32.3 Å². The van der Waals surface area contributed by atoms with Crippen LogP contribution in [0.4, 0.5) is 28.4 Å². The van der Waals surface area contributed by atoms with E-state index in [0.717, 1.165) is 51.3 Å². The highest BCUT2D eigenvalue weighted by molar-refractivity contribution is 5.87. The molecule has 4 fully saturated rings. The Morgan fingerprint density at radius 3 is 1.62 bits per heavy atom. The van der Waals surface area contributed by atoms with Crippen molar-refractivity contribution in [2.45, 2.75) is 129 Å². The summed E-state index contributed by atoms with van der Waals surface area (Å²) in [5.41, 5.74) is -1.90. The molecule has 69 heavy (non-hydrogen) atoms. The quantitative estimate of drug-likeness (QED) is 0.121. The first-order valence-corrected chi connectivity index (χ1v) is 23.1. The van der Waals surface area contributed by atoms with E-state index in [2.05, 4.69) is 35.6 Å². The summed E-state index contributed by atoms with van der Waals surface area (Å²) in [5.74, 6) is -2.37. The van der Waals surface area contributed by atoms with Crippen LogP contribution in [0.1, 0.15) is 103 Å². The van der Waals surface area contributed by atoms with Crippen LogP contribution in [0.2, 0.25) is 0 Å². The van der Waals surface area contributed by atoms with Gasteiger partial charge >= 0.3 is 23.6 Å². The lowest BCUT2D eigenvalue weighted by Crippen LogP contribution is -2.45. The molecule has 2 aliphatic carbocycles. The van der Waals surface area contributed by atoms with Crippen molar-refractivity contribution in [3.63, 3.8) is 0 Å². The van der Waals surface area contributed by atoms with Gasteiger partial charge in [-0.05, 0) is 113 Å². The molecule has 2 aromatic heterocycles. The molecule has 4 atom stereocenters. The third kappa shape index (κ3) is 12.5. The molecule has 1 unspecified atom stereocenters. The summed E-state index contributed by atoms with van der Waals surface area (Å²) in [7, 11) is 0. The Morgan fingerprint density at radius 2 is 1.19 bits per heavy atom. The summed E-state index contributed by atoms with van der Waals surface area (Å²) in [6, 6.07) is 1.48. The number of alkyl carbamates (subject to hydrolysis) is 2. The van der Waals surface area contributed by atoms with Gasteiger partial charge in [-0.1, -0.05) is 0 Å². The van der Waals surface area contributed by atoms with Crippen LogP contribution in [0.15, 0.2) is 31.3 Å². The van der Waals surface area contributed by atoms with Crippen LogP contribution in [-0.2, 0) is 9.47 Å². The number of nitrogens with zero attached hydrogens (tertiary/aromatic N) is 5. The van der Waals surface area contributed by atoms with Crippen molar-refractivity contribution in [2.75, 3.05) is 44.2 Å². The lowest BCUT2D eigenvalue weighted by molar-refractivity contribution is 0.0481. The summed E-state index contributed by atoms with van der Waals surface area (Å²) in [6.07, 6.45) is 3.92. The molecule has 8 rings (SSSR count). The van der Waals surface area contributed by atoms with Gasteiger partial charge in [0.15, 0.2) is 11.6 Å². The van der Waals surface area contributed by atoms with E-state index >= 15 is 4.39 Å². The molecule has 372 valence electrons. The lowest BCUT2D eigenvalue weighted by atomic mass is 9.99. The van der Waals surface area contributed by atoms with Crippen LogP contribution in [0, 0.1) is 56.3 Å².